The van der Waals surface area contributed by atoms with Gasteiger partial charge in [0.2, 0.25) is 15.9 Å². The molecule has 0 aliphatic carbocycles. The van der Waals surface area contributed by atoms with Gasteiger partial charge in [0.25, 0.3) is 0 Å². The largest absolute Gasteiger partial charge is 0.342 e. The highest BCUT2D eigenvalue weighted by atomic mass is 32.2. The molecule has 0 radical (unpaired) electrons. The van der Waals surface area contributed by atoms with Crippen molar-refractivity contribution in [2.75, 3.05) is 32.4 Å². The van der Waals surface area contributed by atoms with E-state index in [1.54, 1.807) is 4.31 Å². The van der Waals surface area contributed by atoms with Gasteiger partial charge in [0.1, 0.15) is 0 Å². The van der Waals surface area contributed by atoms with Crippen molar-refractivity contribution in [1.29, 1.82) is 0 Å². The highest BCUT2D eigenvalue weighted by molar-refractivity contribution is 7.88. The lowest BCUT2D eigenvalue weighted by Gasteiger charge is -2.39. The maximum absolute atomic E-state index is 12.4. The summed E-state index contributed by atoms with van der Waals surface area (Å²) in [6, 6.07) is -0.0405. The molecule has 1 aliphatic heterocycles. The molecule has 1 aliphatic rings. The van der Waals surface area contributed by atoms with E-state index in [-0.39, 0.29) is 23.9 Å². The van der Waals surface area contributed by atoms with Gasteiger partial charge in [-0.15, -0.1) is 0 Å². The number of piperidine rings is 1. The van der Waals surface area contributed by atoms with Crippen LogP contribution in [0.15, 0.2) is 0 Å². The average Bonchev–Trinajstić information content (AvgIpc) is 2.47. The van der Waals surface area contributed by atoms with Crippen LogP contribution in [0.4, 0.5) is 0 Å². The van der Waals surface area contributed by atoms with Gasteiger partial charge in [0, 0.05) is 32.2 Å². The summed E-state index contributed by atoms with van der Waals surface area (Å²) in [6.07, 6.45) is 2.91. The van der Waals surface area contributed by atoms with E-state index in [1.807, 2.05) is 25.7 Å². The van der Waals surface area contributed by atoms with Gasteiger partial charge in [0.15, 0.2) is 0 Å². The summed E-state index contributed by atoms with van der Waals surface area (Å²) in [5, 5.41) is 3.43. The first-order valence-electron chi connectivity index (χ1n) is 8.24. The molecule has 1 fully saturated rings. The van der Waals surface area contributed by atoms with Crippen molar-refractivity contribution in [3.05, 3.63) is 0 Å². The molecule has 0 aromatic heterocycles. The molecule has 22 heavy (non-hydrogen) atoms. The van der Waals surface area contributed by atoms with Crippen LogP contribution in [0.1, 0.15) is 40.5 Å². The topological polar surface area (TPSA) is 69.7 Å². The first-order chi connectivity index (χ1) is 10.2. The summed E-state index contributed by atoms with van der Waals surface area (Å²) in [4.78, 5) is 14.2. The van der Waals surface area contributed by atoms with Gasteiger partial charge in [-0.05, 0) is 33.1 Å². The highest BCUT2D eigenvalue weighted by Gasteiger charge is 2.33. The van der Waals surface area contributed by atoms with Crippen LogP contribution in [0.5, 0.6) is 0 Å². The van der Waals surface area contributed by atoms with Gasteiger partial charge in [-0.3, -0.25) is 4.79 Å². The number of hydrogen-bond donors (Lipinski definition) is 1. The Balaban J connectivity index is 2.67. The molecule has 1 rings (SSSR count). The lowest BCUT2D eigenvalue weighted by Crippen LogP contribution is -2.55. The Bertz CT molecular complexity index is 463. The van der Waals surface area contributed by atoms with E-state index in [0.717, 1.165) is 12.8 Å². The van der Waals surface area contributed by atoms with Crippen LogP contribution in [0.25, 0.3) is 0 Å². The fraction of sp³-hybridized carbons (Fsp3) is 0.933. The lowest BCUT2D eigenvalue weighted by atomic mass is 9.90. The molecule has 0 bridgehead atoms. The van der Waals surface area contributed by atoms with Crippen LogP contribution in [0.2, 0.25) is 0 Å². The third-order valence-corrected chi connectivity index (χ3v) is 5.87. The molecule has 1 amide bonds. The Morgan fingerprint density at radius 1 is 1.32 bits per heavy atom. The molecule has 0 aromatic carbocycles. The summed E-state index contributed by atoms with van der Waals surface area (Å²) >= 11 is 0. The van der Waals surface area contributed by atoms with E-state index in [9.17, 15) is 13.2 Å². The second-order valence-corrected chi connectivity index (χ2v) is 8.07. The molecule has 0 unspecified atom stereocenters. The quantitative estimate of drug-likeness (QED) is 0.751. The molecule has 1 saturated heterocycles. The summed E-state index contributed by atoms with van der Waals surface area (Å²) in [6.45, 7) is 10.4. The van der Waals surface area contributed by atoms with Gasteiger partial charge < -0.3 is 10.2 Å². The van der Waals surface area contributed by atoms with Crippen molar-refractivity contribution in [2.24, 2.45) is 5.92 Å². The van der Waals surface area contributed by atoms with E-state index in [1.165, 1.54) is 6.26 Å². The number of hydrogen-bond acceptors (Lipinski definition) is 4. The Morgan fingerprint density at radius 3 is 2.36 bits per heavy atom. The molecule has 130 valence electrons. The van der Waals surface area contributed by atoms with Crippen molar-refractivity contribution in [3.63, 3.8) is 0 Å². The summed E-state index contributed by atoms with van der Waals surface area (Å²) in [5.41, 5.74) is 0. The Kier molecular flexibility index (Phi) is 7.28. The molecule has 6 nitrogen and oxygen atoms in total. The van der Waals surface area contributed by atoms with Crippen LogP contribution >= 0.6 is 0 Å². The van der Waals surface area contributed by atoms with Crippen LogP contribution in [0, 0.1) is 5.92 Å². The fourth-order valence-corrected chi connectivity index (χ4v) is 4.03. The number of likely N-dealkylation sites (N-methyl/N-ethyl adjacent to an activating group) is 1. The first-order valence-corrected chi connectivity index (χ1v) is 10.1. The minimum atomic E-state index is -3.13. The predicted octanol–water partition coefficient (Wildman–Crippen LogP) is 0.893. The summed E-state index contributed by atoms with van der Waals surface area (Å²) < 4.78 is 24.9. The van der Waals surface area contributed by atoms with Crippen LogP contribution in [0.3, 0.4) is 0 Å². The summed E-state index contributed by atoms with van der Waals surface area (Å²) in [5.74, 6) is 0.362. The van der Waals surface area contributed by atoms with Gasteiger partial charge >= 0.3 is 0 Å². The van der Waals surface area contributed by atoms with Crippen molar-refractivity contribution < 1.29 is 13.2 Å². The van der Waals surface area contributed by atoms with E-state index in [2.05, 4.69) is 12.2 Å². The van der Waals surface area contributed by atoms with Crippen LogP contribution in [-0.4, -0.2) is 68.0 Å². The second kappa shape index (κ2) is 8.26. The Hall–Kier alpha value is -0.660. The Labute approximate surface area is 135 Å². The monoisotopic (exact) mass is 333 g/mol. The van der Waals surface area contributed by atoms with Gasteiger partial charge in [-0.2, -0.15) is 0 Å². The van der Waals surface area contributed by atoms with Gasteiger partial charge in [-0.25, -0.2) is 12.7 Å². The van der Waals surface area contributed by atoms with Crippen molar-refractivity contribution in [1.82, 2.24) is 14.5 Å². The molecule has 0 spiro atoms. The predicted molar refractivity (Wildman–Crippen MR) is 89.1 cm³/mol. The summed E-state index contributed by atoms with van der Waals surface area (Å²) in [7, 11) is -3.13. The SMILES string of the molecule is CC[C@@H]1CN(S(C)(=O)=O)CC[C@H]1N[C@H](C)C(=O)N(CC)CC. The molecular weight excluding hydrogens is 302 g/mol. The zero-order valence-electron chi connectivity index (χ0n) is 14.5. The number of sulfonamides is 1. The second-order valence-electron chi connectivity index (χ2n) is 6.08. The normalized spacial score (nSPS) is 25.0. The van der Waals surface area contributed by atoms with Gasteiger partial charge in [0.05, 0.1) is 12.3 Å². The van der Waals surface area contributed by atoms with Gasteiger partial charge in [-0.1, -0.05) is 13.3 Å². The Morgan fingerprint density at radius 2 is 1.91 bits per heavy atom. The van der Waals surface area contributed by atoms with Crippen molar-refractivity contribution in [2.45, 2.75) is 52.6 Å². The minimum absolute atomic E-state index is 0.116. The number of carbonyl (C=O) groups excluding carboxylic acids is 1. The van der Waals surface area contributed by atoms with E-state index >= 15 is 0 Å². The van der Waals surface area contributed by atoms with Crippen LogP contribution in [-0.2, 0) is 14.8 Å². The number of rotatable bonds is 7. The molecule has 1 heterocycles. The highest BCUT2D eigenvalue weighted by Crippen LogP contribution is 2.22. The van der Waals surface area contributed by atoms with E-state index < -0.39 is 10.0 Å². The maximum atomic E-state index is 12.4. The third kappa shape index (κ3) is 4.93. The number of amides is 1. The van der Waals surface area contributed by atoms with Crippen molar-refractivity contribution >= 4 is 15.9 Å². The standard InChI is InChI=1S/C15H31N3O3S/c1-6-13-11-18(22(5,20)21)10-9-14(13)16-12(4)15(19)17(7-2)8-3/h12-14,16H,6-11H2,1-5H3/t12-,13-,14-/m1/s1. The third-order valence-electron chi connectivity index (χ3n) is 4.60. The van der Waals surface area contributed by atoms with E-state index in [0.29, 0.717) is 26.2 Å². The van der Waals surface area contributed by atoms with Crippen molar-refractivity contribution in [3.8, 4) is 0 Å². The van der Waals surface area contributed by atoms with E-state index in [4.69, 9.17) is 0 Å². The minimum Gasteiger partial charge on any atom is -0.342 e. The molecule has 7 heteroatoms. The average molecular weight is 333 g/mol. The number of nitrogens with one attached hydrogen (secondary N) is 1. The molecule has 0 aromatic rings. The fourth-order valence-electron chi connectivity index (χ4n) is 3.13. The molecule has 3 atom stereocenters. The first kappa shape index (κ1) is 19.4. The zero-order valence-corrected chi connectivity index (χ0v) is 15.3. The molecular formula is C15H31N3O3S. The number of nitrogens with zero attached hydrogens (tertiary/aromatic N) is 2. The van der Waals surface area contributed by atoms with Crippen LogP contribution < -0.4 is 5.32 Å². The smallest absolute Gasteiger partial charge is 0.239 e. The lowest BCUT2D eigenvalue weighted by molar-refractivity contribution is -0.133. The molecule has 1 N–H and O–H groups in total. The zero-order chi connectivity index (χ0) is 16.9. The number of carbonyl (C=O) groups is 1. The molecule has 0 saturated carbocycles. The maximum Gasteiger partial charge on any atom is 0.239 e.